The van der Waals surface area contributed by atoms with Gasteiger partial charge in [-0.1, -0.05) is 24.3 Å². The molecule has 188 valence electrons. The molecule has 11 heteroatoms. The quantitative estimate of drug-likeness (QED) is 0.329. The van der Waals surface area contributed by atoms with Crippen molar-refractivity contribution in [1.29, 1.82) is 0 Å². The lowest BCUT2D eigenvalue weighted by Gasteiger charge is -2.16. The Hall–Kier alpha value is -3.78. The molecule has 0 spiro atoms. The third kappa shape index (κ3) is 5.09. The average Bonchev–Trinajstić information content (AvgIpc) is 3.21. The van der Waals surface area contributed by atoms with Crippen LogP contribution in [0.3, 0.4) is 0 Å². The van der Waals surface area contributed by atoms with Crippen molar-refractivity contribution in [2.45, 2.75) is 13.0 Å². The summed E-state index contributed by atoms with van der Waals surface area (Å²) < 4.78 is 47.6. The highest BCUT2D eigenvalue weighted by atomic mass is 31.2. The summed E-state index contributed by atoms with van der Waals surface area (Å²) in [4.78, 5) is 20.7. The van der Waals surface area contributed by atoms with Crippen LogP contribution in [-0.4, -0.2) is 47.9 Å². The molecule has 1 amide bonds. The van der Waals surface area contributed by atoms with Crippen molar-refractivity contribution in [2.24, 2.45) is 0 Å². The third-order valence-electron chi connectivity index (χ3n) is 5.73. The molecule has 2 N–H and O–H groups in total. The summed E-state index contributed by atoms with van der Waals surface area (Å²) in [6, 6.07) is 13.3. The Labute approximate surface area is 207 Å². The first-order chi connectivity index (χ1) is 17.1. The van der Waals surface area contributed by atoms with Crippen LogP contribution in [-0.2, 0) is 11.1 Å². The Balaban J connectivity index is 1.77. The Bertz CT molecular complexity index is 1480. The van der Waals surface area contributed by atoms with E-state index in [1.54, 1.807) is 55.8 Å². The van der Waals surface area contributed by atoms with E-state index in [9.17, 15) is 18.1 Å². The molecule has 2 heterocycles. The second kappa shape index (κ2) is 10.1. The van der Waals surface area contributed by atoms with Crippen molar-refractivity contribution in [3.8, 4) is 5.75 Å². The molecule has 0 bridgehead atoms. The number of nitrogens with zero attached hydrogens (tertiary/aromatic N) is 3. The van der Waals surface area contributed by atoms with Crippen molar-refractivity contribution in [1.82, 2.24) is 19.9 Å². The molecular formula is C25H26F2N5O3P. The summed E-state index contributed by atoms with van der Waals surface area (Å²) in [5, 5.41) is 6.68. The van der Waals surface area contributed by atoms with E-state index < -0.39 is 13.6 Å². The number of alkyl halides is 2. The fourth-order valence-corrected chi connectivity index (χ4v) is 5.29. The SMILES string of the molecule is CNC(=O)c1ccc(Nc2ncc3cc(C(F)F)n(Cc4ccccc4P(C)(C)=O)c3n2)c(OC)c1. The second-order valence-corrected chi connectivity index (χ2v) is 11.7. The minimum atomic E-state index is -2.74. The molecule has 2 aromatic carbocycles. The molecule has 4 rings (SSSR count). The molecule has 0 unspecified atom stereocenters. The molecule has 0 radical (unpaired) electrons. The van der Waals surface area contributed by atoms with Gasteiger partial charge in [-0.3, -0.25) is 4.79 Å². The first-order valence-electron chi connectivity index (χ1n) is 11.1. The van der Waals surface area contributed by atoms with Crippen LogP contribution in [0.2, 0.25) is 0 Å². The molecule has 8 nitrogen and oxygen atoms in total. The number of carbonyl (C=O) groups is 1. The van der Waals surface area contributed by atoms with Crippen LogP contribution < -0.4 is 20.7 Å². The zero-order valence-electron chi connectivity index (χ0n) is 20.3. The highest BCUT2D eigenvalue weighted by Crippen LogP contribution is 2.37. The summed E-state index contributed by atoms with van der Waals surface area (Å²) in [6.07, 6.45) is -1.27. The highest BCUT2D eigenvalue weighted by Gasteiger charge is 2.22. The van der Waals surface area contributed by atoms with E-state index in [4.69, 9.17) is 4.74 Å². The van der Waals surface area contributed by atoms with Gasteiger partial charge < -0.3 is 24.5 Å². The Kier molecular flexibility index (Phi) is 7.08. The number of anilines is 2. The van der Waals surface area contributed by atoms with Crippen LogP contribution in [0.5, 0.6) is 5.75 Å². The molecule has 0 saturated heterocycles. The predicted molar refractivity (Wildman–Crippen MR) is 137 cm³/mol. The van der Waals surface area contributed by atoms with Crippen LogP contribution in [0.25, 0.3) is 11.0 Å². The summed E-state index contributed by atoms with van der Waals surface area (Å²) in [5.41, 5.74) is 1.70. The van der Waals surface area contributed by atoms with E-state index >= 15 is 0 Å². The Morgan fingerprint density at radius 2 is 1.92 bits per heavy atom. The number of carbonyl (C=O) groups excluding carboxylic acids is 1. The van der Waals surface area contributed by atoms with Gasteiger partial charge in [0.25, 0.3) is 12.3 Å². The van der Waals surface area contributed by atoms with E-state index in [-0.39, 0.29) is 24.1 Å². The van der Waals surface area contributed by atoms with Crippen molar-refractivity contribution < 1.29 is 22.9 Å². The van der Waals surface area contributed by atoms with E-state index in [1.165, 1.54) is 31.0 Å². The summed E-state index contributed by atoms with van der Waals surface area (Å²) >= 11 is 0. The van der Waals surface area contributed by atoms with E-state index in [0.29, 0.717) is 38.9 Å². The number of methoxy groups -OCH3 is 1. The molecular weight excluding hydrogens is 487 g/mol. The number of hydrogen-bond donors (Lipinski definition) is 2. The minimum absolute atomic E-state index is 0.0750. The summed E-state index contributed by atoms with van der Waals surface area (Å²) in [6.45, 7) is 3.38. The van der Waals surface area contributed by atoms with Crippen LogP contribution in [0, 0.1) is 0 Å². The number of rotatable bonds is 8. The molecule has 0 saturated carbocycles. The predicted octanol–water partition coefficient (Wildman–Crippen LogP) is 4.78. The Morgan fingerprint density at radius 3 is 2.58 bits per heavy atom. The van der Waals surface area contributed by atoms with Crippen LogP contribution in [0.15, 0.2) is 54.7 Å². The van der Waals surface area contributed by atoms with Crippen molar-refractivity contribution in [3.05, 3.63) is 71.5 Å². The normalized spacial score (nSPS) is 11.6. The fraction of sp³-hybridized carbons (Fsp3) is 0.240. The zero-order chi connectivity index (χ0) is 26.0. The molecule has 0 aliphatic carbocycles. The Morgan fingerprint density at radius 1 is 1.17 bits per heavy atom. The number of aromatic nitrogens is 3. The van der Waals surface area contributed by atoms with Crippen LogP contribution in [0.1, 0.15) is 28.0 Å². The second-order valence-electron chi connectivity index (χ2n) is 8.53. The summed E-state index contributed by atoms with van der Waals surface area (Å²) in [7, 11) is 0.361. The first-order valence-corrected chi connectivity index (χ1v) is 13.7. The standard InChI is InChI=1S/C25H26F2N5O3P/c1-28-24(33)15-9-10-18(20(12-15)35-2)30-25-29-13-17-11-19(22(26)27)32(23(17)31-25)14-16-7-5-6-8-21(16)36(3,4)34/h5-13,22H,14H2,1-4H3,(H,28,33)(H,29,30,31). The van der Waals surface area contributed by atoms with Gasteiger partial charge in [-0.25, -0.2) is 13.8 Å². The lowest BCUT2D eigenvalue weighted by Crippen LogP contribution is -2.17. The number of halogens is 2. The van der Waals surface area contributed by atoms with Gasteiger partial charge in [0, 0.05) is 29.5 Å². The minimum Gasteiger partial charge on any atom is -0.495 e. The number of nitrogens with one attached hydrogen (secondary N) is 2. The monoisotopic (exact) mass is 513 g/mol. The van der Waals surface area contributed by atoms with E-state index in [2.05, 4.69) is 20.6 Å². The number of amides is 1. The van der Waals surface area contributed by atoms with Gasteiger partial charge in [-0.2, -0.15) is 4.98 Å². The van der Waals surface area contributed by atoms with E-state index in [0.717, 1.165) is 0 Å². The lowest BCUT2D eigenvalue weighted by atomic mass is 10.1. The van der Waals surface area contributed by atoms with Gasteiger partial charge in [0.2, 0.25) is 5.95 Å². The molecule has 0 atom stereocenters. The number of ether oxygens (including phenoxy) is 1. The maximum absolute atomic E-state index is 14.0. The maximum Gasteiger partial charge on any atom is 0.278 e. The van der Waals surface area contributed by atoms with Crippen molar-refractivity contribution >= 4 is 41.0 Å². The van der Waals surface area contributed by atoms with Crippen molar-refractivity contribution in [3.63, 3.8) is 0 Å². The summed E-state index contributed by atoms with van der Waals surface area (Å²) in [5.74, 6) is 0.288. The smallest absolute Gasteiger partial charge is 0.278 e. The van der Waals surface area contributed by atoms with Gasteiger partial charge in [0.1, 0.15) is 18.5 Å². The van der Waals surface area contributed by atoms with Crippen LogP contribution >= 0.6 is 7.14 Å². The molecule has 0 aliphatic heterocycles. The molecule has 0 aliphatic rings. The first kappa shape index (κ1) is 25.3. The lowest BCUT2D eigenvalue weighted by molar-refractivity contribution is 0.0962. The number of hydrogen-bond acceptors (Lipinski definition) is 6. The van der Waals surface area contributed by atoms with Gasteiger partial charge in [-0.15, -0.1) is 0 Å². The average molecular weight is 513 g/mol. The largest absolute Gasteiger partial charge is 0.495 e. The topological polar surface area (TPSA) is 98.1 Å². The number of benzene rings is 2. The van der Waals surface area contributed by atoms with E-state index in [1.807, 2.05) is 0 Å². The van der Waals surface area contributed by atoms with Crippen molar-refractivity contribution in [2.75, 3.05) is 32.8 Å². The molecule has 4 aromatic rings. The number of fused-ring (bicyclic) bond motifs is 1. The molecule has 2 aromatic heterocycles. The maximum atomic E-state index is 14.0. The third-order valence-corrected chi connectivity index (χ3v) is 7.32. The van der Waals surface area contributed by atoms with Gasteiger partial charge in [0.15, 0.2) is 0 Å². The highest BCUT2D eigenvalue weighted by molar-refractivity contribution is 7.70. The van der Waals surface area contributed by atoms with Crippen LogP contribution in [0.4, 0.5) is 20.4 Å². The molecule has 36 heavy (non-hydrogen) atoms. The van der Waals surface area contributed by atoms with Gasteiger partial charge in [-0.05, 0) is 43.2 Å². The van der Waals surface area contributed by atoms with Gasteiger partial charge >= 0.3 is 0 Å². The fourth-order valence-electron chi connectivity index (χ4n) is 4.01. The van der Waals surface area contributed by atoms with Gasteiger partial charge in [0.05, 0.1) is 25.0 Å². The molecule has 0 fully saturated rings. The zero-order valence-corrected chi connectivity index (χ0v) is 21.1.